The average Bonchev–Trinajstić information content (AvgIpc) is 2.26. The van der Waals surface area contributed by atoms with E-state index in [0.29, 0.717) is 18.4 Å². The number of rotatable bonds is 5. The molecular weight excluding hydrogens is 182 g/mol. The lowest BCUT2D eigenvalue weighted by Gasteiger charge is -2.09. The Morgan fingerprint density at radius 3 is 3.07 bits per heavy atom. The lowest BCUT2D eigenvalue weighted by Crippen LogP contribution is -2.15. The summed E-state index contributed by atoms with van der Waals surface area (Å²) in [4.78, 5) is 8.08. The largest absolute Gasteiger partial charge is 0.481 e. The molecule has 0 radical (unpaired) electrons. The molecule has 0 amide bonds. The van der Waals surface area contributed by atoms with Gasteiger partial charge in [0.1, 0.15) is 0 Å². The molecule has 0 saturated carbocycles. The number of anilines is 1. The zero-order valence-electron chi connectivity index (χ0n) is 8.40. The van der Waals surface area contributed by atoms with Gasteiger partial charge in [-0.3, -0.25) is 0 Å². The molecule has 1 heterocycles. The highest BCUT2D eigenvalue weighted by Crippen LogP contribution is 2.07. The van der Waals surface area contributed by atoms with E-state index in [-0.39, 0.29) is 12.5 Å². The lowest BCUT2D eigenvalue weighted by atomic mass is 10.2. The Morgan fingerprint density at radius 1 is 1.64 bits per heavy atom. The van der Waals surface area contributed by atoms with E-state index in [4.69, 9.17) is 9.84 Å². The maximum atomic E-state index is 8.81. The standard InChI is InChI=1S/C9H15N3O2/c1-7(6-13)5-11-9-10-4-3-8(12-9)14-2/h3-4,7,13H,5-6H2,1-2H3,(H,10,11,12). The number of aliphatic hydroxyl groups is 1. The Kier molecular flexibility index (Phi) is 4.12. The van der Waals surface area contributed by atoms with E-state index in [9.17, 15) is 0 Å². The van der Waals surface area contributed by atoms with Crippen LogP contribution in [0, 0.1) is 5.92 Å². The summed E-state index contributed by atoms with van der Waals surface area (Å²) in [5.74, 6) is 1.23. The summed E-state index contributed by atoms with van der Waals surface area (Å²) >= 11 is 0. The van der Waals surface area contributed by atoms with Crippen molar-refractivity contribution in [3.63, 3.8) is 0 Å². The number of methoxy groups -OCH3 is 1. The predicted molar refractivity (Wildman–Crippen MR) is 53.3 cm³/mol. The molecule has 1 unspecified atom stereocenters. The normalized spacial score (nSPS) is 12.2. The molecule has 0 saturated heterocycles. The highest BCUT2D eigenvalue weighted by Gasteiger charge is 2.02. The topological polar surface area (TPSA) is 67.3 Å². The Bertz CT molecular complexity index is 281. The molecule has 0 aromatic carbocycles. The molecule has 14 heavy (non-hydrogen) atoms. The molecule has 78 valence electrons. The molecule has 1 aromatic rings. The molecule has 5 heteroatoms. The van der Waals surface area contributed by atoms with Crippen molar-refractivity contribution in [2.24, 2.45) is 5.92 Å². The van der Waals surface area contributed by atoms with Gasteiger partial charge in [0.05, 0.1) is 7.11 Å². The van der Waals surface area contributed by atoms with Crippen LogP contribution in [0.4, 0.5) is 5.95 Å². The first kappa shape index (κ1) is 10.7. The van der Waals surface area contributed by atoms with Crippen molar-refractivity contribution in [3.8, 4) is 5.88 Å². The van der Waals surface area contributed by atoms with Crippen LogP contribution in [0.3, 0.4) is 0 Å². The second kappa shape index (κ2) is 5.39. The smallest absolute Gasteiger partial charge is 0.225 e. The third-order valence-electron chi connectivity index (χ3n) is 1.76. The van der Waals surface area contributed by atoms with Crippen LogP contribution in [-0.4, -0.2) is 35.3 Å². The highest BCUT2D eigenvalue weighted by molar-refractivity contribution is 5.27. The molecule has 1 rings (SSSR count). The van der Waals surface area contributed by atoms with Gasteiger partial charge in [0.15, 0.2) is 0 Å². The van der Waals surface area contributed by atoms with Gasteiger partial charge in [-0.2, -0.15) is 4.98 Å². The van der Waals surface area contributed by atoms with E-state index in [2.05, 4.69) is 15.3 Å². The summed E-state index contributed by atoms with van der Waals surface area (Å²) in [7, 11) is 1.56. The molecule has 0 aliphatic heterocycles. The molecular formula is C9H15N3O2. The predicted octanol–water partition coefficient (Wildman–Crippen LogP) is 0.525. The monoisotopic (exact) mass is 197 g/mol. The molecule has 0 spiro atoms. The molecule has 0 aliphatic rings. The number of aliphatic hydroxyl groups excluding tert-OH is 1. The molecule has 1 atom stereocenters. The summed E-state index contributed by atoms with van der Waals surface area (Å²) < 4.78 is 4.95. The van der Waals surface area contributed by atoms with E-state index >= 15 is 0 Å². The number of ether oxygens (including phenoxy) is 1. The fourth-order valence-corrected chi connectivity index (χ4v) is 0.871. The molecule has 5 nitrogen and oxygen atoms in total. The minimum Gasteiger partial charge on any atom is -0.481 e. The number of nitrogens with one attached hydrogen (secondary N) is 1. The summed E-state index contributed by atoms with van der Waals surface area (Å²) in [5.41, 5.74) is 0. The third kappa shape index (κ3) is 3.18. The summed E-state index contributed by atoms with van der Waals surface area (Å²) in [5, 5.41) is 11.8. The second-order valence-corrected chi connectivity index (χ2v) is 3.09. The quantitative estimate of drug-likeness (QED) is 0.720. The van der Waals surface area contributed by atoms with Gasteiger partial charge in [0, 0.05) is 25.4 Å². The van der Waals surface area contributed by atoms with Crippen molar-refractivity contribution in [2.45, 2.75) is 6.92 Å². The van der Waals surface area contributed by atoms with Gasteiger partial charge in [-0.15, -0.1) is 0 Å². The van der Waals surface area contributed by atoms with E-state index in [1.807, 2.05) is 6.92 Å². The Morgan fingerprint density at radius 2 is 2.43 bits per heavy atom. The van der Waals surface area contributed by atoms with Crippen LogP contribution in [0.1, 0.15) is 6.92 Å². The van der Waals surface area contributed by atoms with Crippen molar-refractivity contribution < 1.29 is 9.84 Å². The van der Waals surface area contributed by atoms with Crippen LogP contribution in [0.15, 0.2) is 12.3 Å². The zero-order valence-corrected chi connectivity index (χ0v) is 8.40. The van der Waals surface area contributed by atoms with Crippen LogP contribution in [0.2, 0.25) is 0 Å². The summed E-state index contributed by atoms with van der Waals surface area (Å²) in [6.45, 7) is 2.73. The molecule has 0 aliphatic carbocycles. The van der Waals surface area contributed by atoms with Gasteiger partial charge < -0.3 is 15.2 Å². The Hall–Kier alpha value is -1.36. The van der Waals surface area contributed by atoms with Gasteiger partial charge in [-0.1, -0.05) is 6.92 Å². The Labute approximate surface area is 83.2 Å². The van der Waals surface area contributed by atoms with Crippen molar-refractivity contribution in [2.75, 3.05) is 25.6 Å². The van der Waals surface area contributed by atoms with Crippen LogP contribution >= 0.6 is 0 Å². The number of hydrogen-bond donors (Lipinski definition) is 2. The fraction of sp³-hybridized carbons (Fsp3) is 0.556. The van der Waals surface area contributed by atoms with Crippen LogP contribution < -0.4 is 10.1 Å². The first-order chi connectivity index (χ1) is 6.76. The molecule has 0 fully saturated rings. The van der Waals surface area contributed by atoms with Crippen molar-refractivity contribution in [1.82, 2.24) is 9.97 Å². The average molecular weight is 197 g/mol. The van der Waals surface area contributed by atoms with Crippen LogP contribution in [0.5, 0.6) is 5.88 Å². The number of nitrogens with zero attached hydrogens (tertiary/aromatic N) is 2. The third-order valence-corrected chi connectivity index (χ3v) is 1.76. The van der Waals surface area contributed by atoms with Gasteiger partial charge in [0.2, 0.25) is 11.8 Å². The second-order valence-electron chi connectivity index (χ2n) is 3.09. The van der Waals surface area contributed by atoms with Crippen molar-refractivity contribution in [3.05, 3.63) is 12.3 Å². The number of aromatic nitrogens is 2. The molecule has 0 bridgehead atoms. The zero-order chi connectivity index (χ0) is 10.4. The van der Waals surface area contributed by atoms with Crippen LogP contribution in [-0.2, 0) is 0 Å². The minimum atomic E-state index is 0.150. The van der Waals surface area contributed by atoms with E-state index in [1.165, 1.54) is 0 Å². The minimum absolute atomic E-state index is 0.150. The Balaban J connectivity index is 2.50. The van der Waals surface area contributed by atoms with Crippen LogP contribution in [0.25, 0.3) is 0 Å². The van der Waals surface area contributed by atoms with Gasteiger partial charge in [-0.25, -0.2) is 4.98 Å². The first-order valence-corrected chi connectivity index (χ1v) is 4.48. The van der Waals surface area contributed by atoms with E-state index in [0.717, 1.165) is 0 Å². The highest BCUT2D eigenvalue weighted by atomic mass is 16.5. The van der Waals surface area contributed by atoms with E-state index < -0.39 is 0 Å². The lowest BCUT2D eigenvalue weighted by molar-refractivity contribution is 0.244. The van der Waals surface area contributed by atoms with Gasteiger partial charge in [0.25, 0.3) is 0 Å². The van der Waals surface area contributed by atoms with Crippen molar-refractivity contribution >= 4 is 5.95 Å². The maximum Gasteiger partial charge on any atom is 0.225 e. The summed E-state index contributed by atoms with van der Waals surface area (Å²) in [6, 6.07) is 1.68. The molecule has 2 N–H and O–H groups in total. The SMILES string of the molecule is COc1ccnc(NCC(C)CO)n1. The maximum absolute atomic E-state index is 8.81. The fourth-order valence-electron chi connectivity index (χ4n) is 0.871. The van der Waals surface area contributed by atoms with Gasteiger partial charge in [-0.05, 0) is 5.92 Å². The van der Waals surface area contributed by atoms with E-state index in [1.54, 1.807) is 19.4 Å². The summed E-state index contributed by atoms with van der Waals surface area (Å²) in [6.07, 6.45) is 1.62. The van der Waals surface area contributed by atoms with Crippen molar-refractivity contribution in [1.29, 1.82) is 0 Å². The first-order valence-electron chi connectivity index (χ1n) is 4.48. The molecule has 1 aromatic heterocycles. The number of hydrogen-bond acceptors (Lipinski definition) is 5. The van der Waals surface area contributed by atoms with Gasteiger partial charge >= 0.3 is 0 Å².